The molecule has 0 radical (unpaired) electrons. The first kappa shape index (κ1) is 13.1. The van der Waals surface area contributed by atoms with E-state index in [1.165, 1.54) is 12.1 Å². The molecule has 0 aliphatic carbocycles. The van der Waals surface area contributed by atoms with Gasteiger partial charge in [-0.2, -0.15) is 0 Å². The minimum Gasteiger partial charge on any atom is -0.320 e. The van der Waals surface area contributed by atoms with E-state index >= 15 is 0 Å². The predicted molar refractivity (Wildman–Crippen MR) is 74.2 cm³/mol. The van der Waals surface area contributed by atoms with Crippen molar-refractivity contribution in [3.8, 4) is 0 Å². The highest BCUT2D eigenvalue weighted by atomic mass is 35.5. The Bertz CT molecular complexity index is 748. The molecule has 3 rings (SSSR count). The summed E-state index contributed by atoms with van der Waals surface area (Å²) >= 11 is 5.82. The highest BCUT2D eigenvalue weighted by Gasteiger charge is 2.13. The number of aryl methyl sites for hydroxylation is 2. The van der Waals surface area contributed by atoms with Crippen LogP contribution in [0.2, 0.25) is 0 Å². The van der Waals surface area contributed by atoms with E-state index in [-0.39, 0.29) is 5.82 Å². The van der Waals surface area contributed by atoms with Gasteiger partial charge in [-0.3, -0.25) is 0 Å². The van der Waals surface area contributed by atoms with Gasteiger partial charge in [0.2, 0.25) is 0 Å². The van der Waals surface area contributed by atoms with Gasteiger partial charge in [0.1, 0.15) is 18.0 Å². The number of aromatic nitrogens is 5. The Morgan fingerprint density at radius 1 is 1.30 bits per heavy atom. The van der Waals surface area contributed by atoms with Crippen molar-refractivity contribution in [3.63, 3.8) is 0 Å². The van der Waals surface area contributed by atoms with E-state index in [1.54, 1.807) is 12.4 Å². The standard InChI is InChI=1S/C13H13ClFN5/c1-19-8-16-18-13(19)7-20-11-3-2-9(15)6-10(11)17-12(20)4-5-14/h2-3,6,8H,4-5,7H2,1H3. The van der Waals surface area contributed by atoms with E-state index in [2.05, 4.69) is 15.2 Å². The van der Waals surface area contributed by atoms with Crippen LogP contribution in [0.25, 0.3) is 11.0 Å². The maximum Gasteiger partial charge on any atom is 0.152 e. The van der Waals surface area contributed by atoms with Crippen LogP contribution in [-0.4, -0.2) is 30.2 Å². The second-order valence-electron chi connectivity index (χ2n) is 4.54. The van der Waals surface area contributed by atoms with Crippen molar-refractivity contribution < 1.29 is 4.39 Å². The molecule has 0 saturated heterocycles. The van der Waals surface area contributed by atoms with E-state index in [4.69, 9.17) is 11.6 Å². The van der Waals surface area contributed by atoms with Crippen molar-refractivity contribution in [2.75, 3.05) is 5.88 Å². The molecular formula is C13H13ClFN5. The Balaban J connectivity index is 2.11. The van der Waals surface area contributed by atoms with Crippen LogP contribution in [0.3, 0.4) is 0 Å². The molecule has 7 heteroatoms. The van der Waals surface area contributed by atoms with E-state index in [0.717, 1.165) is 17.2 Å². The minimum absolute atomic E-state index is 0.293. The lowest BCUT2D eigenvalue weighted by atomic mass is 10.3. The van der Waals surface area contributed by atoms with Crippen LogP contribution < -0.4 is 0 Å². The van der Waals surface area contributed by atoms with Crippen LogP contribution in [0.1, 0.15) is 11.6 Å². The van der Waals surface area contributed by atoms with E-state index in [0.29, 0.717) is 24.4 Å². The number of benzene rings is 1. The summed E-state index contributed by atoms with van der Waals surface area (Å²) in [6, 6.07) is 4.59. The third kappa shape index (κ3) is 2.27. The molecule has 0 atom stereocenters. The summed E-state index contributed by atoms with van der Waals surface area (Å²) in [5, 5.41) is 7.94. The summed E-state index contributed by atoms with van der Waals surface area (Å²) in [6.07, 6.45) is 2.27. The number of hydrogen-bond acceptors (Lipinski definition) is 3. The summed E-state index contributed by atoms with van der Waals surface area (Å²) in [5.74, 6) is 1.80. The highest BCUT2D eigenvalue weighted by Crippen LogP contribution is 2.19. The third-order valence-corrected chi connectivity index (χ3v) is 3.40. The monoisotopic (exact) mass is 293 g/mol. The normalized spacial score (nSPS) is 11.3. The van der Waals surface area contributed by atoms with Crippen LogP contribution >= 0.6 is 11.6 Å². The Hall–Kier alpha value is -1.95. The number of alkyl halides is 1. The summed E-state index contributed by atoms with van der Waals surface area (Å²) in [4.78, 5) is 4.45. The van der Waals surface area contributed by atoms with Gasteiger partial charge in [0.25, 0.3) is 0 Å². The fourth-order valence-corrected chi connectivity index (χ4v) is 2.37. The summed E-state index contributed by atoms with van der Waals surface area (Å²) in [5.41, 5.74) is 1.50. The van der Waals surface area contributed by atoms with Crippen molar-refractivity contribution >= 4 is 22.6 Å². The molecule has 0 N–H and O–H groups in total. The zero-order valence-corrected chi connectivity index (χ0v) is 11.7. The van der Waals surface area contributed by atoms with Gasteiger partial charge < -0.3 is 9.13 Å². The molecule has 0 amide bonds. The second kappa shape index (κ2) is 5.20. The highest BCUT2D eigenvalue weighted by molar-refractivity contribution is 6.17. The zero-order chi connectivity index (χ0) is 14.1. The fourth-order valence-electron chi connectivity index (χ4n) is 2.20. The molecule has 20 heavy (non-hydrogen) atoms. The Labute approximate surface area is 120 Å². The first-order valence-corrected chi connectivity index (χ1v) is 6.76. The first-order chi connectivity index (χ1) is 9.69. The van der Waals surface area contributed by atoms with Crippen LogP contribution in [-0.2, 0) is 20.0 Å². The molecule has 0 bridgehead atoms. The first-order valence-electron chi connectivity index (χ1n) is 6.22. The summed E-state index contributed by atoms with van der Waals surface area (Å²) in [7, 11) is 1.88. The van der Waals surface area contributed by atoms with Crippen molar-refractivity contribution in [2.24, 2.45) is 7.05 Å². The van der Waals surface area contributed by atoms with E-state index < -0.39 is 0 Å². The lowest BCUT2D eigenvalue weighted by Crippen LogP contribution is -2.09. The Morgan fingerprint density at radius 3 is 2.85 bits per heavy atom. The van der Waals surface area contributed by atoms with Crippen LogP contribution in [0.4, 0.5) is 4.39 Å². The SMILES string of the molecule is Cn1cnnc1Cn1c(CCCl)nc2cc(F)ccc21. The quantitative estimate of drug-likeness (QED) is 0.693. The van der Waals surface area contributed by atoms with Crippen LogP contribution in [0.15, 0.2) is 24.5 Å². The van der Waals surface area contributed by atoms with Gasteiger partial charge in [-0.05, 0) is 12.1 Å². The number of fused-ring (bicyclic) bond motifs is 1. The molecule has 5 nitrogen and oxygen atoms in total. The number of imidazole rings is 1. The molecule has 0 spiro atoms. The fraction of sp³-hybridized carbons (Fsp3) is 0.308. The van der Waals surface area contributed by atoms with Gasteiger partial charge in [-0.1, -0.05) is 0 Å². The molecule has 0 unspecified atom stereocenters. The summed E-state index contributed by atoms with van der Waals surface area (Å²) < 4.78 is 17.2. The lowest BCUT2D eigenvalue weighted by molar-refractivity contribution is 0.629. The molecular weight excluding hydrogens is 281 g/mol. The van der Waals surface area contributed by atoms with E-state index in [1.807, 2.05) is 16.2 Å². The van der Waals surface area contributed by atoms with Gasteiger partial charge in [0.05, 0.1) is 17.6 Å². The van der Waals surface area contributed by atoms with Crippen molar-refractivity contribution in [3.05, 3.63) is 42.0 Å². The molecule has 0 aliphatic rings. The van der Waals surface area contributed by atoms with Crippen molar-refractivity contribution in [1.29, 1.82) is 0 Å². The second-order valence-corrected chi connectivity index (χ2v) is 4.92. The van der Waals surface area contributed by atoms with Crippen LogP contribution in [0.5, 0.6) is 0 Å². The third-order valence-electron chi connectivity index (χ3n) is 3.21. The maximum atomic E-state index is 13.3. The molecule has 0 aliphatic heterocycles. The van der Waals surface area contributed by atoms with Crippen LogP contribution in [0, 0.1) is 5.82 Å². The van der Waals surface area contributed by atoms with E-state index in [9.17, 15) is 4.39 Å². The number of rotatable bonds is 4. The molecule has 3 aromatic rings. The summed E-state index contributed by atoms with van der Waals surface area (Å²) in [6.45, 7) is 0.533. The van der Waals surface area contributed by atoms with Gasteiger partial charge in [0, 0.05) is 25.4 Å². The zero-order valence-electron chi connectivity index (χ0n) is 10.9. The number of hydrogen-bond donors (Lipinski definition) is 0. The van der Waals surface area contributed by atoms with Crippen molar-refractivity contribution in [1.82, 2.24) is 24.3 Å². The van der Waals surface area contributed by atoms with Crippen molar-refractivity contribution in [2.45, 2.75) is 13.0 Å². The molecule has 1 aromatic carbocycles. The van der Waals surface area contributed by atoms with Gasteiger partial charge in [-0.15, -0.1) is 21.8 Å². The van der Waals surface area contributed by atoms with Gasteiger partial charge >= 0.3 is 0 Å². The largest absolute Gasteiger partial charge is 0.320 e. The average molecular weight is 294 g/mol. The minimum atomic E-state index is -0.293. The molecule has 0 saturated carbocycles. The number of halogens is 2. The topological polar surface area (TPSA) is 48.5 Å². The molecule has 2 heterocycles. The maximum absolute atomic E-state index is 13.3. The predicted octanol–water partition coefficient (Wildman–Crippen LogP) is 2.13. The van der Waals surface area contributed by atoms with Gasteiger partial charge in [0.15, 0.2) is 5.82 Å². The Kier molecular flexibility index (Phi) is 3.40. The van der Waals surface area contributed by atoms with Gasteiger partial charge in [-0.25, -0.2) is 9.37 Å². The Morgan fingerprint density at radius 2 is 2.15 bits per heavy atom. The average Bonchev–Trinajstić information content (AvgIpc) is 2.96. The molecule has 0 fully saturated rings. The number of nitrogens with zero attached hydrogens (tertiary/aromatic N) is 5. The smallest absolute Gasteiger partial charge is 0.152 e. The molecule has 2 aromatic heterocycles. The molecule has 104 valence electrons. The lowest BCUT2D eigenvalue weighted by Gasteiger charge is -2.07.